The highest BCUT2D eigenvalue weighted by Gasteiger charge is 2.55. The van der Waals surface area contributed by atoms with Crippen LogP contribution in [-0.4, -0.2) is 0 Å². The van der Waals surface area contributed by atoms with Gasteiger partial charge in [-0.15, -0.1) is 0 Å². The van der Waals surface area contributed by atoms with E-state index in [4.69, 9.17) is 0 Å². The highest BCUT2D eigenvalue weighted by Crippen LogP contribution is 2.65. The van der Waals surface area contributed by atoms with Crippen molar-refractivity contribution in [1.82, 2.24) is 0 Å². The van der Waals surface area contributed by atoms with Gasteiger partial charge in [0.2, 0.25) is 0 Å². The van der Waals surface area contributed by atoms with Gasteiger partial charge in [0.1, 0.15) is 0 Å². The molecule has 2 aliphatic carbocycles. The average Bonchev–Trinajstić information content (AvgIpc) is 3.68. The SMILES string of the molecule is CC.CC(C)(C)c1cc2c(c(C(C)(C)C)c1)C(c1ccccc1)(C(C)(C)C)c1cccc(N(c3ccc(-c4ccccc4)cc3)c3ccc4c(c3)C(C)(C)c3ccccc3-4)c1-2. The van der Waals surface area contributed by atoms with Gasteiger partial charge in [0.15, 0.2) is 0 Å². The maximum Gasteiger partial charge on any atom is 0.0543 e. The van der Waals surface area contributed by atoms with E-state index in [0.29, 0.717) is 0 Å². The van der Waals surface area contributed by atoms with E-state index in [9.17, 15) is 0 Å². The Morgan fingerprint density at radius 2 is 1.00 bits per heavy atom. The van der Waals surface area contributed by atoms with E-state index in [0.717, 1.165) is 5.69 Å². The Hall–Kier alpha value is -5.66. The maximum atomic E-state index is 2.56. The summed E-state index contributed by atoms with van der Waals surface area (Å²) in [5.74, 6) is 0. The van der Waals surface area contributed by atoms with E-state index >= 15 is 0 Å². The molecule has 0 amide bonds. The van der Waals surface area contributed by atoms with Crippen LogP contribution in [0.2, 0.25) is 0 Å². The second-order valence-corrected chi connectivity index (χ2v) is 20.7. The summed E-state index contributed by atoms with van der Waals surface area (Å²) in [5.41, 5.74) is 20.2. The Morgan fingerprint density at radius 1 is 0.443 bits per heavy atom. The fraction of sp³-hybridized carbons (Fsp3) is 0.300. The second-order valence-electron chi connectivity index (χ2n) is 20.7. The molecule has 0 saturated carbocycles. The molecule has 0 heterocycles. The number of hydrogen-bond acceptors (Lipinski definition) is 1. The molecule has 1 nitrogen and oxygen atoms in total. The number of benzene rings is 7. The summed E-state index contributed by atoms with van der Waals surface area (Å²) in [6, 6.07) is 59.8. The van der Waals surface area contributed by atoms with Crippen molar-refractivity contribution < 1.29 is 0 Å². The molecule has 0 N–H and O–H groups in total. The molecule has 61 heavy (non-hydrogen) atoms. The molecule has 1 atom stereocenters. The molecular weight excluding hydrogens is 735 g/mol. The second kappa shape index (κ2) is 15.1. The molecule has 7 aromatic carbocycles. The maximum absolute atomic E-state index is 2.56. The molecule has 0 aliphatic heterocycles. The van der Waals surface area contributed by atoms with E-state index in [1.807, 2.05) is 13.8 Å². The van der Waals surface area contributed by atoms with Crippen LogP contribution in [0.5, 0.6) is 0 Å². The molecule has 1 unspecified atom stereocenters. The monoisotopic (exact) mass is 800 g/mol. The molecule has 9 rings (SSSR count). The third kappa shape index (κ3) is 6.67. The van der Waals surface area contributed by atoms with Gasteiger partial charge in [0.25, 0.3) is 0 Å². The lowest BCUT2D eigenvalue weighted by Crippen LogP contribution is -2.42. The van der Waals surface area contributed by atoms with Crippen LogP contribution in [0.3, 0.4) is 0 Å². The van der Waals surface area contributed by atoms with Gasteiger partial charge in [0.05, 0.1) is 11.1 Å². The van der Waals surface area contributed by atoms with Crippen LogP contribution in [0.4, 0.5) is 17.1 Å². The number of fused-ring (bicyclic) bond motifs is 6. The van der Waals surface area contributed by atoms with Gasteiger partial charge in [-0.25, -0.2) is 0 Å². The van der Waals surface area contributed by atoms with Gasteiger partial charge in [-0.3, -0.25) is 0 Å². The van der Waals surface area contributed by atoms with E-state index in [2.05, 4.69) is 239 Å². The fourth-order valence-corrected chi connectivity index (χ4v) is 10.6. The van der Waals surface area contributed by atoms with Crippen molar-refractivity contribution in [2.24, 2.45) is 5.41 Å². The van der Waals surface area contributed by atoms with Crippen molar-refractivity contribution in [3.63, 3.8) is 0 Å². The minimum absolute atomic E-state index is 0.0443. The predicted molar refractivity (Wildman–Crippen MR) is 264 cm³/mol. The molecule has 0 fully saturated rings. The van der Waals surface area contributed by atoms with E-state index in [-0.39, 0.29) is 21.7 Å². The molecule has 0 spiro atoms. The number of nitrogens with zero attached hydrogens (tertiary/aromatic N) is 1. The first-order valence-corrected chi connectivity index (χ1v) is 22.5. The van der Waals surface area contributed by atoms with Crippen molar-refractivity contribution in [3.8, 4) is 33.4 Å². The van der Waals surface area contributed by atoms with E-state index in [1.54, 1.807) is 0 Å². The van der Waals surface area contributed by atoms with Crippen molar-refractivity contribution in [1.29, 1.82) is 0 Å². The van der Waals surface area contributed by atoms with Crippen LogP contribution in [0.1, 0.15) is 129 Å². The lowest BCUT2D eigenvalue weighted by atomic mass is 9.55. The zero-order chi connectivity index (χ0) is 43.7. The molecular formula is C60H65N. The van der Waals surface area contributed by atoms with Crippen LogP contribution in [0.25, 0.3) is 33.4 Å². The molecule has 2 aliphatic rings. The predicted octanol–water partition coefficient (Wildman–Crippen LogP) is 17.1. The van der Waals surface area contributed by atoms with Crippen LogP contribution in [0, 0.1) is 5.41 Å². The Balaban J connectivity index is 0.00000253. The number of rotatable bonds is 5. The molecule has 1 heteroatoms. The minimum Gasteiger partial charge on any atom is -0.310 e. The summed E-state index contributed by atoms with van der Waals surface area (Å²) in [4.78, 5) is 2.56. The van der Waals surface area contributed by atoms with Crippen LogP contribution < -0.4 is 4.90 Å². The Morgan fingerprint density at radius 3 is 1.62 bits per heavy atom. The highest BCUT2D eigenvalue weighted by atomic mass is 15.1. The molecule has 310 valence electrons. The van der Waals surface area contributed by atoms with Gasteiger partial charge >= 0.3 is 0 Å². The third-order valence-corrected chi connectivity index (χ3v) is 13.5. The van der Waals surface area contributed by atoms with Crippen molar-refractivity contribution in [2.45, 2.75) is 112 Å². The molecule has 0 aromatic heterocycles. The Bertz CT molecular complexity index is 2710. The first kappa shape index (κ1) is 42.0. The third-order valence-electron chi connectivity index (χ3n) is 13.5. The number of anilines is 3. The summed E-state index contributed by atoms with van der Waals surface area (Å²) in [7, 11) is 0. The zero-order valence-electron chi connectivity index (χ0n) is 39.0. The lowest BCUT2D eigenvalue weighted by molar-refractivity contribution is 0.274. The number of hydrogen-bond donors (Lipinski definition) is 0. The summed E-state index contributed by atoms with van der Waals surface area (Å²) in [6.45, 7) is 30.4. The van der Waals surface area contributed by atoms with E-state index in [1.165, 1.54) is 83.7 Å². The standard InChI is InChI=1S/C58H59N.C2H6/c1-54(2,3)41-35-46-52-48(58(56(7,8)9,40-23-16-13-17-24-40)53(46)50(36-41)55(4,5)6)27-20-28-51(52)59(42-31-29-39(30-32-42)38-21-14-12-15-22-38)43-33-34-45-44-25-18-19-26-47(44)57(10,11)49(45)37-43;1-2/h12-37H,1-11H3;1-2H3. The van der Waals surface area contributed by atoms with Crippen molar-refractivity contribution in [2.75, 3.05) is 4.90 Å². The lowest BCUT2D eigenvalue weighted by Gasteiger charge is -2.47. The van der Waals surface area contributed by atoms with Gasteiger partial charge in [-0.2, -0.15) is 0 Å². The summed E-state index contributed by atoms with van der Waals surface area (Å²) in [6.07, 6.45) is 0. The average molecular weight is 800 g/mol. The van der Waals surface area contributed by atoms with Gasteiger partial charge < -0.3 is 4.90 Å². The first-order valence-electron chi connectivity index (χ1n) is 22.5. The van der Waals surface area contributed by atoms with Gasteiger partial charge in [0, 0.05) is 22.4 Å². The largest absolute Gasteiger partial charge is 0.310 e. The Labute approximate surface area is 367 Å². The van der Waals surface area contributed by atoms with E-state index < -0.39 is 5.41 Å². The molecule has 0 saturated heterocycles. The van der Waals surface area contributed by atoms with Gasteiger partial charge in [-0.1, -0.05) is 217 Å². The van der Waals surface area contributed by atoms with Crippen LogP contribution in [0.15, 0.2) is 158 Å². The molecule has 7 aromatic rings. The molecule has 0 radical (unpaired) electrons. The first-order chi connectivity index (χ1) is 28.9. The fourth-order valence-electron chi connectivity index (χ4n) is 10.6. The Kier molecular flexibility index (Phi) is 10.4. The topological polar surface area (TPSA) is 3.24 Å². The van der Waals surface area contributed by atoms with Crippen molar-refractivity contribution in [3.05, 3.63) is 197 Å². The van der Waals surface area contributed by atoms with Gasteiger partial charge in [-0.05, 0) is 113 Å². The normalized spacial score (nSPS) is 16.1. The quantitative estimate of drug-likeness (QED) is 0.168. The summed E-state index contributed by atoms with van der Waals surface area (Å²) >= 11 is 0. The van der Waals surface area contributed by atoms with Crippen LogP contribution in [-0.2, 0) is 21.7 Å². The highest BCUT2D eigenvalue weighted by molar-refractivity contribution is 5.98. The zero-order valence-corrected chi connectivity index (χ0v) is 39.0. The summed E-state index contributed by atoms with van der Waals surface area (Å²) < 4.78 is 0. The van der Waals surface area contributed by atoms with Crippen LogP contribution >= 0.6 is 0 Å². The molecule has 0 bridgehead atoms. The van der Waals surface area contributed by atoms with Crippen molar-refractivity contribution >= 4 is 17.1 Å². The smallest absolute Gasteiger partial charge is 0.0543 e. The minimum atomic E-state index is -0.418. The summed E-state index contributed by atoms with van der Waals surface area (Å²) in [5, 5.41) is 0.